The van der Waals surface area contributed by atoms with Gasteiger partial charge in [0.1, 0.15) is 12.4 Å². The lowest BCUT2D eigenvalue weighted by molar-refractivity contribution is -0.141. The summed E-state index contributed by atoms with van der Waals surface area (Å²) in [4.78, 5) is 5.98. The Labute approximate surface area is 135 Å². The normalized spacial score (nSPS) is 17.6. The van der Waals surface area contributed by atoms with Gasteiger partial charge in [-0.05, 0) is 19.9 Å². The van der Waals surface area contributed by atoms with E-state index in [-0.39, 0.29) is 0 Å². The second-order valence-electron chi connectivity index (χ2n) is 6.31. The molecule has 1 aliphatic rings. The molecule has 132 valence electrons. The van der Waals surface area contributed by atoms with Crippen molar-refractivity contribution in [1.29, 1.82) is 0 Å². The van der Waals surface area contributed by atoms with Crippen molar-refractivity contribution in [2.24, 2.45) is 0 Å². The van der Waals surface area contributed by atoms with Gasteiger partial charge < -0.3 is 9.30 Å². The molecule has 1 aromatic rings. The average Bonchev–Trinajstić information content (AvgIpc) is 2.73. The van der Waals surface area contributed by atoms with Crippen LogP contribution in [0, 0.1) is 0 Å². The van der Waals surface area contributed by atoms with Gasteiger partial charge >= 0.3 is 6.18 Å². The predicted octanol–water partition coefficient (Wildman–Crippen LogP) is 3.62. The number of imidazole rings is 1. The van der Waals surface area contributed by atoms with E-state index in [1.807, 2.05) is 11.9 Å². The van der Waals surface area contributed by atoms with Gasteiger partial charge in [0.05, 0.1) is 19.3 Å². The molecule has 0 atom stereocenters. The Balaban J connectivity index is 1.72. The number of hydrogen-bond acceptors (Lipinski definition) is 3. The van der Waals surface area contributed by atoms with E-state index in [0.717, 1.165) is 17.4 Å². The number of aromatic nitrogens is 2. The highest BCUT2D eigenvalue weighted by Gasteiger charge is 2.28. The third kappa shape index (κ3) is 6.91. The molecular weight excluding hydrogens is 307 g/mol. The van der Waals surface area contributed by atoms with Crippen LogP contribution in [0.25, 0.3) is 0 Å². The second kappa shape index (κ2) is 8.68. The highest BCUT2D eigenvalue weighted by molar-refractivity contribution is 4.92. The first-order valence-corrected chi connectivity index (χ1v) is 8.31. The summed E-state index contributed by atoms with van der Waals surface area (Å²) < 4.78 is 44.6. The lowest BCUT2D eigenvalue weighted by Gasteiger charge is -2.20. The molecule has 0 aliphatic heterocycles. The summed E-state index contributed by atoms with van der Waals surface area (Å²) in [5.74, 6) is 0.430. The zero-order valence-electron chi connectivity index (χ0n) is 13.7. The second-order valence-corrected chi connectivity index (χ2v) is 6.31. The summed E-state index contributed by atoms with van der Waals surface area (Å²) in [6.45, 7) is 0.697. The van der Waals surface area contributed by atoms with Crippen molar-refractivity contribution < 1.29 is 17.9 Å². The minimum Gasteiger partial charge on any atom is -0.377 e. The van der Waals surface area contributed by atoms with Crippen LogP contribution in [0.3, 0.4) is 0 Å². The molecule has 0 saturated heterocycles. The SMILES string of the molecule is CN(CCOC1CCCCCC1)Cc1nccn1CC(F)(F)F. The summed E-state index contributed by atoms with van der Waals surface area (Å²) >= 11 is 0. The molecule has 4 nitrogen and oxygen atoms in total. The third-order valence-corrected chi connectivity index (χ3v) is 4.19. The Morgan fingerprint density at radius 2 is 1.96 bits per heavy atom. The van der Waals surface area contributed by atoms with Gasteiger partial charge in [-0.1, -0.05) is 25.7 Å². The molecule has 1 aromatic heterocycles. The summed E-state index contributed by atoms with van der Waals surface area (Å²) in [6.07, 6.45) is 6.21. The summed E-state index contributed by atoms with van der Waals surface area (Å²) in [5.41, 5.74) is 0. The maximum Gasteiger partial charge on any atom is 0.406 e. The Hall–Kier alpha value is -1.08. The first kappa shape index (κ1) is 18.3. The van der Waals surface area contributed by atoms with Crippen molar-refractivity contribution in [2.75, 3.05) is 20.2 Å². The highest BCUT2D eigenvalue weighted by Crippen LogP contribution is 2.20. The average molecular weight is 333 g/mol. The standard InChI is InChI=1S/C16H26F3N3O/c1-21(10-11-23-14-6-4-2-3-5-7-14)12-15-20-8-9-22(15)13-16(17,18)19/h8-9,14H,2-7,10-13H2,1H3. The Morgan fingerprint density at radius 1 is 1.26 bits per heavy atom. The quantitative estimate of drug-likeness (QED) is 0.714. The van der Waals surface area contributed by atoms with Gasteiger partial charge in [-0.3, -0.25) is 4.90 Å². The minimum absolute atomic E-state index is 0.345. The number of rotatable bonds is 7. The van der Waals surface area contributed by atoms with E-state index in [9.17, 15) is 13.2 Å². The van der Waals surface area contributed by atoms with Crippen molar-refractivity contribution in [3.63, 3.8) is 0 Å². The number of alkyl halides is 3. The molecule has 0 unspecified atom stereocenters. The van der Waals surface area contributed by atoms with E-state index >= 15 is 0 Å². The molecule has 0 radical (unpaired) electrons. The van der Waals surface area contributed by atoms with Crippen molar-refractivity contribution in [3.05, 3.63) is 18.2 Å². The van der Waals surface area contributed by atoms with E-state index in [2.05, 4.69) is 4.98 Å². The van der Waals surface area contributed by atoms with Crippen LogP contribution in [-0.4, -0.2) is 46.9 Å². The molecule has 1 aliphatic carbocycles. The third-order valence-electron chi connectivity index (χ3n) is 4.19. The van der Waals surface area contributed by atoms with Crippen LogP contribution in [-0.2, 0) is 17.8 Å². The Kier molecular flexibility index (Phi) is 6.89. The van der Waals surface area contributed by atoms with Crippen LogP contribution < -0.4 is 0 Å². The lowest BCUT2D eigenvalue weighted by Crippen LogP contribution is -2.27. The van der Waals surface area contributed by atoms with Gasteiger partial charge in [0, 0.05) is 18.9 Å². The van der Waals surface area contributed by atoms with E-state index in [4.69, 9.17) is 4.74 Å². The van der Waals surface area contributed by atoms with E-state index in [1.54, 1.807) is 0 Å². The molecule has 1 heterocycles. The van der Waals surface area contributed by atoms with Crippen molar-refractivity contribution in [3.8, 4) is 0 Å². The minimum atomic E-state index is -4.23. The van der Waals surface area contributed by atoms with E-state index < -0.39 is 12.7 Å². The molecule has 0 bridgehead atoms. The zero-order valence-corrected chi connectivity index (χ0v) is 13.7. The molecular formula is C16H26F3N3O. The van der Waals surface area contributed by atoms with Crippen LogP contribution in [0.1, 0.15) is 44.3 Å². The fraction of sp³-hybridized carbons (Fsp3) is 0.812. The molecule has 7 heteroatoms. The molecule has 1 fully saturated rings. The summed E-state index contributed by atoms with van der Waals surface area (Å²) in [6, 6.07) is 0. The smallest absolute Gasteiger partial charge is 0.377 e. The van der Waals surface area contributed by atoms with Gasteiger partial charge in [0.25, 0.3) is 0 Å². The topological polar surface area (TPSA) is 30.3 Å². The molecule has 0 aromatic carbocycles. The lowest BCUT2D eigenvalue weighted by atomic mass is 10.1. The van der Waals surface area contributed by atoms with Gasteiger partial charge in [0.2, 0.25) is 0 Å². The molecule has 0 amide bonds. The van der Waals surface area contributed by atoms with Gasteiger partial charge in [-0.2, -0.15) is 13.2 Å². The van der Waals surface area contributed by atoms with E-state index in [0.29, 0.717) is 31.6 Å². The number of halogens is 3. The van der Waals surface area contributed by atoms with Gasteiger partial charge in [-0.25, -0.2) is 4.98 Å². The predicted molar refractivity (Wildman–Crippen MR) is 82.1 cm³/mol. The van der Waals surface area contributed by atoms with Gasteiger partial charge in [0.15, 0.2) is 0 Å². The largest absolute Gasteiger partial charge is 0.406 e. The zero-order chi connectivity index (χ0) is 16.7. The monoisotopic (exact) mass is 333 g/mol. The molecule has 2 rings (SSSR count). The van der Waals surface area contributed by atoms with Crippen molar-refractivity contribution >= 4 is 0 Å². The number of nitrogens with zero attached hydrogens (tertiary/aromatic N) is 3. The van der Waals surface area contributed by atoms with Crippen LogP contribution in [0.15, 0.2) is 12.4 Å². The first-order valence-electron chi connectivity index (χ1n) is 8.31. The van der Waals surface area contributed by atoms with Crippen LogP contribution in [0.5, 0.6) is 0 Å². The molecule has 23 heavy (non-hydrogen) atoms. The van der Waals surface area contributed by atoms with E-state index in [1.165, 1.54) is 38.1 Å². The molecule has 1 saturated carbocycles. The Morgan fingerprint density at radius 3 is 2.61 bits per heavy atom. The van der Waals surface area contributed by atoms with Crippen LogP contribution in [0.4, 0.5) is 13.2 Å². The van der Waals surface area contributed by atoms with Crippen LogP contribution in [0.2, 0.25) is 0 Å². The van der Waals surface area contributed by atoms with Crippen LogP contribution >= 0.6 is 0 Å². The highest BCUT2D eigenvalue weighted by atomic mass is 19.4. The first-order chi connectivity index (χ1) is 10.9. The summed E-state index contributed by atoms with van der Waals surface area (Å²) in [7, 11) is 1.88. The number of hydrogen-bond donors (Lipinski definition) is 0. The Bertz CT molecular complexity index is 454. The maximum absolute atomic E-state index is 12.5. The number of ether oxygens (including phenoxy) is 1. The maximum atomic E-state index is 12.5. The number of likely N-dealkylation sites (N-methyl/N-ethyl adjacent to an activating group) is 1. The molecule has 0 N–H and O–H groups in total. The fourth-order valence-electron chi connectivity index (χ4n) is 2.93. The summed E-state index contributed by atoms with van der Waals surface area (Å²) in [5, 5.41) is 0. The van der Waals surface area contributed by atoms with Crippen molar-refractivity contribution in [1.82, 2.24) is 14.5 Å². The van der Waals surface area contributed by atoms with Gasteiger partial charge in [-0.15, -0.1) is 0 Å². The molecule has 0 spiro atoms. The van der Waals surface area contributed by atoms with Crippen molar-refractivity contribution in [2.45, 2.75) is 63.9 Å². The fourth-order valence-corrected chi connectivity index (χ4v) is 2.93.